The molecule has 2 unspecified atom stereocenters. The summed E-state index contributed by atoms with van der Waals surface area (Å²) in [6.07, 6.45) is 3.76. The molecular formula is C13H22N2O3. The number of carbonyl (C=O) groups is 2. The van der Waals surface area contributed by atoms with E-state index in [-0.39, 0.29) is 18.2 Å². The van der Waals surface area contributed by atoms with Crippen LogP contribution in [0.15, 0.2) is 0 Å². The SMILES string of the molecule is CC(C)(CCC=O)OC(=O)N1C2CCC1CNC2. The molecule has 2 bridgehead atoms. The average Bonchev–Trinajstić information content (AvgIpc) is 2.57. The van der Waals surface area contributed by atoms with Crippen LogP contribution in [0.3, 0.4) is 0 Å². The number of hydrogen-bond donors (Lipinski definition) is 1. The van der Waals surface area contributed by atoms with Crippen molar-refractivity contribution in [3.05, 3.63) is 0 Å². The van der Waals surface area contributed by atoms with Crippen LogP contribution in [0, 0.1) is 0 Å². The second-order valence-corrected chi connectivity index (χ2v) is 5.78. The molecule has 0 saturated carbocycles. The van der Waals surface area contributed by atoms with Crippen molar-refractivity contribution in [3.8, 4) is 0 Å². The van der Waals surface area contributed by atoms with Crippen molar-refractivity contribution >= 4 is 12.4 Å². The molecule has 5 nitrogen and oxygen atoms in total. The van der Waals surface area contributed by atoms with Gasteiger partial charge < -0.3 is 14.8 Å². The monoisotopic (exact) mass is 254 g/mol. The Hall–Kier alpha value is -1.10. The lowest BCUT2D eigenvalue weighted by Gasteiger charge is -2.37. The highest BCUT2D eigenvalue weighted by Gasteiger charge is 2.41. The van der Waals surface area contributed by atoms with Crippen LogP contribution in [0.5, 0.6) is 0 Å². The summed E-state index contributed by atoms with van der Waals surface area (Å²) in [4.78, 5) is 24.5. The summed E-state index contributed by atoms with van der Waals surface area (Å²) < 4.78 is 5.56. The van der Waals surface area contributed by atoms with Gasteiger partial charge in [-0.1, -0.05) is 0 Å². The molecular weight excluding hydrogens is 232 g/mol. The van der Waals surface area contributed by atoms with E-state index in [4.69, 9.17) is 4.74 Å². The average molecular weight is 254 g/mol. The van der Waals surface area contributed by atoms with Gasteiger partial charge >= 0.3 is 6.09 Å². The summed E-state index contributed by atoms with van der Waals surface area (Å²) in [6.45, 7) is 5.44. The number of fused-ring (bicyclic) bond motifs is 2. The Morgan fingerprint density at radius 2 is 2.00 bits per heavy atom. The van der Waals surface area contributed by atoms with Gasteiger partial charge in [0.25, 0.3) is 0 Å². The van der Waals surface area contributed by atoms with Crippen LogP contribution >= 0.6 is 0 Å². The zero-order valence-corrected chi connectivity index (χ0v) is 11.1. The third-order valence-electron chi connectivity index (χ3n) is 3.82. The van der Waals surface area contributed by atoms with Crippen molar-refractivity contribution < 1.29 is 14.3 Å². The van der Waals surface area contributed by atoms with E-state index in [9.17, 15) is 9.59 Å². The van der Waals surface area contributed by atoms with E-state index < -0.39 is 5.60 Å². The van der Waals surface area contributed by atoms with Gasteiger partial charge in [-0.3, -0.25) is 4.90 Å². The molecule has 2 aliphatic rings. The zero-order valence-electron chi connectivity index (χ0n) is 11.1. The lowest BCUT2D eigenvalue weighted by Crippen LogP contribution is -2.55. The van der Waals surface area contributed by atoms with E-state index >= 15 is 0 Å². The Labute approximate surface area is 108 Å². The molecule has 2 fully saturated rings. The van der Waals surface area contributed by atoms with Gasteiger partial charge in [0, 0.05) is 31.6 Å². The predicted octanol–water partition coefficient (Wildman–Crippen LogP) is 1.32. The molecule has 1 amide bonds. The molecule has 0 spiro atoms. The number of nitrogens with one attached hydrogen (secondary N) is 1. The summed E-state index contributed by atoms with van der Waals surface area (Å²) in [5, 5.41) is 3.33. The van der Waals surface area contributed by atoms with Gasteiger partial charge in [0.1, 0.15) is 11.9 Å². The second kappa shape index (κ2) is 5.26. The first-order valence-electron chi connectivity index (χ1n) is 6.69. The smallest absolute Gasteiger partial charge is 0.410 e. The summed E-state index contributed by atoms with van der Waals surface area (Å²) >= 11 is 0. The van der Waals surface area contributed by atoms with E-state index in [1.807, 2.05) is 18.7 Å². The number of nitrogens with zero attached hydrogens (tertiary/aromatic N) is 1. The molecule has 1 N–H and O–H groups in total. The second-order valence-electron chi connectivity index (χ2n) is 5.78. The van der Waals surface area contributed by atoms with Crippen molar-refractivity contribution in [2.45, 2.75) is 57.2 Å². The zero-order chi connectivity index (χ0) is 13.2. The molecule has 0 aromatic carbocycles. The molecule has 5 heteroatoms. The summed E-state index contributed by atoms with van der Waals surface area (Å²) in [5.74, 6) is 0. The van der Waals surface area contributed by atoms with E-state index in [1.54, 1.807) is 0 Å². The molecule has 0 aromatic rings. The molecule has 2 heterocycles. The molecule has 2 atom stereocenters. The highest BCUT2D eigenvalue weighted by atomic mass is 16.6. The number of piperazine rings is 1. The molecule has 0 aliphatic carbocycles. The Balaban J connectivity index is 1.93. The van der Waals surface area contributed by atoms with Crippen LogP contribution in [-0.2, 0) is 9.53 Å². The van der Waals surface area contributed by atoms with Gasteiger partial charge in [0.15, 0.2) is 0 Å². The van der Waals surface area contributed by atoms with Gasteiger partial charge in [-0.05, 0) is 33.1 Å². The highest BCUT2D eigenvalue weighted by Crippen LogP contribution is 2.29. The van der Waals surface area contributed by atoms with Crippen LogP contribution in [0.25, 0.3) is 0 Å². The van der Waals surface area contributed by atoms with Gasteiger partial charge in [-0.25, -0.2) is 4.79 Å². The van der Waals surface area contributed by atoms with Crippen molar-refractivity contribution in [2.75, 3.05) is 13.1 Å². The third kappa shape index (κ3) is 2.83. The van der Waals surface area contributed by atoms with Gasteiger partial charge in [0.2, 0.25) is 0 Å². The number of aldehydes is 1. The van der Waals surface area contributed by atoms with Gasteiger partial charge in [-0.15, -0.1) is 0 Å². The van der Waals surface area contributed by atoms with Crippen LogP contribution in [0.2, 0.25) is 0 Å². The van der Waals surface area contributed by atoms with E-state index in [1.165, 1.54) is 0 Å². The maximum Gasteiger partial charge on any atom is 0.410 e. The first-order valence-corrected chi connectivity index (χ1v) is 6.69. The molecule has 102 valence electrons. The Kier molecular flexibility index (Phi) is 3.90. The number of amides is 1. The first-order chi connectivity index (χ1) is 8.53. The van der Waals surface area contributed by atoms with Crippen LogP contribution in [0.4, 0.5) is 4.79 Å². The maximum atomic E-state index is 12.2. The molecule has 18 heavy (non-hydrogen) atoms. The van der Waals surface area contributed by atoms with E-state index in [2.05, 4.69) is 5.32 Å². The fourth-order valence-electron chi connectivity index (χ4n) is 2.82. The number of ether oxygens (including phenoxy) is 1. The maximum absolute atomic E-state index is 12.2. The lowest BCUT2D eigenvalue weighted by molar-refractivity contribution is -0.109. The van der Waals surface area contributed by atoms with Crippen LogP contribution < -0.4 is 5.32 Å². The van der Waals surface area contributed by atoms with Crippen LogP contribution in [0.1, 0.15) is 39.5 Å². The summed E-state index contributed by atoms with van der Waals surface area (Å²) in [5.41, 5.74) is -0.567. The molecule has 2 rings (SSSR count). The topological polar surface area (TPSA) is 58.6 Å². The van der Waals surface area contributed by atoms with Crippen molar-refractivity contribution in [1.29, 1.82) is 0 Å². The minimum Gasteiger partial charge on any atom is -0.443 e. The Bertz CT molecular complexity index is 314. The van der Waals surface area contributed by atoms with E-state index in [0.29, 0.717) is 12.8 Å². The predicted molar refractivity (Wildman–Crippen MR) is 67.4 cm³/mol. The fraction of sp³-hybridized carbons (Fsp3) is 0.846. The molecule has 2 aliphatic heterocycles. The van der Waals surface area contributed by atoms with Crippen molar-refractivity contribution in [2.24, 2.45) is 0 Å². The molecule has 0 aromatic heterocycles. The number of hydrogen-bond acceptors (Lipinski definition) is 4. The van der Waals surface area contributed by atoms with Gasteiger partial charge in [-0.2, -0.15) is 0 Å². The standard InChI is InChI=1S/C13H22N2O3/c1-13(2,6-3-7-16)18-12(17)15-10-4-5-11(15)9-14-8-10/h7,10-11,14H,3-6,8-9H2,1-2H3. The lowest BCUT2D eigenvalue weighted by atomic mass is 10.0. The largest absolute Gasteiger partial charge is 0.443 e. The number of rotatable bonds is 4. The van der Waals surface area contributed by atoms with Crippen molar-refractivity contribution in [3.63, 3.8) is 0 Å². The van der Waals surface area contributed by atoms with Crippen LogP contribution in [-0.4, -0.2) is 48.1 Å². The number of carbonyl (C=O) groups excluding carboxylic acids is 2. The minimum atomic E-state index is -0.567. The third-order valence-corrected chi connectivity index (χ3v) is 3.82. The summed E-state index contributed by atoms with van der Waals surface area (Å²) in [7, 11) is 0. The molecule has 0 radical (unpaired) electrons. The van der Waals surface area contributed by atoms with Crippen molar-refractivity contribution in [1.82, 2.24) is 10.2 Å². The summed E-state index contributed by atoms with van der Waals surface area (Å²) in [6, 6.07) is 0.552. The molecule has 2 saturated heterocycles. The highest BCUT2D eigenvalue weighted by molar-refractivity contribution is 5.69. The normalized spacial score (nSPS) is 27.1. The fourth-order valence-corrected chi connectivity index (χ4v) is 2.82. The van der Waals surface area contributed by atoms with Gasteiger partial charge in [0.05, 0.1) is 0 Å². The van der Waals surface area contributed by atoms with E-state index in [0.717, 1.165) is 32.2 Å². The minimum absolute atomic E-state index is 0.222. The first kappa shape index (κ1) is 13.3. The quantitative estimate of drug-likeness (QED) is 0.769. The Morgan fingerprint density at radius 3 is 2.56 bits per heavy atom. The Morgan fingerprint density at radius 1 is 1.39 bits per heavy atom.